The zero-order valence-electron chi connectivity index (χ0n) is 9.00. The van der Waals surface area contributed by atoms with E-state index in [9.17, 15) is 4.79 Å². The quantitative estimate of drug-likeness (QED) is 0.858. The molecule has 1 fully saturated rings. The van der Waals surface area contributed by atoms with Gasteiger partial charge in [-0.2, -0.15) is 0 Å². The van der Waals surface area contributed by atoms with Crippen molar-refractivity contribution in [2.24, 2.45) is 5.41 Å². The Balaban J connectivity index is 1.90. The molecule has 1 saturated heterocycles. The van der Waals surface area contributed by atoms with Crippen molar-refractivity contribution in [2.45, 2.75) is 6.92 Å². The first-order valence-electron chi connectivity index (χ1n) is 5.07. The highest BCUT2D eigenvalue weighted by Gasteiger charge is 2.33. The first kappa shape index (κ1) is 11.5. The van der Waals surface area contributed by atoms with Crippen molar-refractivity contribution in [3.63, 3.8) is 0 Å². The summed E-state index contributed by atoms with van der Waals surface area (Å²) in [5.41, 5.74) is 0.672. The molecule has 86 valence electrons. The molecule has 0 bridgehead atoms. The van der Waals surface area contributed by atoms with Crippen LogP contribution < -0.4 is 5.32 Å². The van der Waals surface area contributed by atoms with E-state index >= 15 is 0 Å². The van der Waals surface area contributed by atoms with Gasteiger partial charge in [-0.3, -0.25) is 4.79 Å². The van der Waals surface area contributed by atoms with Gasteiger partial charge in [0.25, 0.3) is 5.91 Å². The molecule has 0 spiro atoms. The average molecular weight is 285 g/mol. The van der Waals surface area contributed by atoms with Crippen LogP contribution in [0.5, 0.6) is 0 Å². The molecule has 4 nitrogen and oxygen atoms in total. The molecule has 1 amide bonds. The molecule has 0 radical (unpaired) electrons. The van der Waals surface area contributed by atoms with Crippen LogP contribution in [0, 0.1) is 5.41 Å². The van der Waals surface area contributed by atoms with Crippen LogP contribution in [0.15, 0.2) is 22.9 Å². The van der Waals surface area contributed by atoms with E-state index in [1.54, 1.807) is 18.3 Å². The van der Waals surface area contributed by atoms with Crippen LogP contribution in [-0.4, -0.2) is 30.6 Å². The zero-order valence-corrected chi connectivity index (χ0v) is 10.6. The third-order valence-electron chi connectivity index (χ3n) is 2.57. The van der Waals surface area contributed by atoms with E-state index in [-0.39, 0.29) is 11.3 Å². The summed E-state index contributed by atoms with van der Waals surface area (Å²) in [7, 11) is 0. The van der Waals surface area contributed by atoms with Crippen LogP contribution in [0.4, 0.5) is 0 Å². The van der Waals surface area contributed by atoms with Crippen LogP contribution in [0.25, 0.3) is 0 Å². The highest BCUT2D eigenvalue weighted by molar-refractivity contribution is 9.10. The summed E-state index contributed by atoms with van der Waals surface area (Å²) in [4.78, 5) is 15.7. The summed E-state index contributed by atoms with van der Waals surface area (Å²) in [6.45, 7) is 4.16. The maximum atomic E-state index is 11.7. The molecule has 1 aliphatic rings. The molecule has 0 aromatic carbocycles. The fourth-order valence-corrected chi connectivity index (χ4v) is 1.69. The third kappa shape index (κ3) is 2.59. The van der Waals surface area contributed by atoms with E-state index in [1.165, 1.54) is 0 Å². The molecule has 2 heterocycles. The summed E-state index contributed by atoms with van der Waals surface area (Å²) in [5, 5.41) is 2.89. The molecule has 1 aliphatic heterocycles. The molecule has 16 heavy (non-hydrogen) atoms. The predicted octanol–water partition coefficient (Wildman–Crippen LogP) is 1.61. The molecule has 1 aromatic heterocycles. The maximum Gasteiger partial charge on any atom is 0.252 e. The Hall–Kier alpha value is -0.940. The summed E-state index contributed by atoms with van der Waals surface area (Å²) >= 11 is 3.23. The van der Waals surface area contributed by atoms with Gasteiger partial charge in [0, 0.05) is 18.2 Å². The topological polar surface area (TPSA) is 51.2 Å². The zero-order chi connectivity index (χ0) is 11.6. The number of aromatic nitrogens is 1. The number of pyridine rings is 1. The Labute approximate surface area is 103 Å². The van der Waals surface area contributed by atoms with Crippen molar-refractivity contribution in [3.8, 4) is 0 Å². The van der Waals surface area contributed by atoms with Crippen molar-refractivity contribution in [3.05, 3.63) is 28.5 Å². The normalized spacial score (nSPS) is 17.6. The van der Waals surface area contributed by atoms with E-state index in [1.807, 2.05) is 0 Å². The van der Waals surface area contributed by atoms with Gasteiger partial charge in [0.2, 0.25) is 0 Å². The summed E-state index contributed by atoms with van der Waals surface area (Å²) < 4.78 is 5.85. The van der Waals surface area contributed by atoms with Crippen molar-refractivity contribution >= 4 is 21.8 Å². The predicted molar refractivity (Wildman–Crippen MR) is 63.2 cm³/mol. The van der Waals surface area contributed by atoms with Gasteiger partial charge in [0.15, 0.2) is 0 Å². The van der Waals surface area contributed by atoms with Crippen LogP contribution in [0.1, 0.15) is 17.3 Å². The second-order valence-electron chi connectivity index (χ2n) is 4.36. The van der Waals surface area contributed by atoms with Gasteiger partial charge in [0.05, 0.1) is 18.8 Å². The summed E-state index contributed by atoms with van der Waals surface area (Å²) in [6.07, 6.45) is 1.55. The fraction of sp³-hybridized carbons (Fsp3) is 0.455. The van der Waals surface area contributed by atoms with Crippen LogP contribution in [0.3, 0.4) is 0 Å². The number of ether oxygens (including phenoxy) is 1. The third-order valence-corrected chi connectivity index (χ3v) is 3.04. The number of halogens is 1. The molecular formula is C11H13BrN2O2. The minimum absolute atomic E-state index is 0.0897. The molecule has 1 aromatic rings. The highest BCUT2D eigenvalue weighted by atomic mass is 79.9. The molecule has 0 aliphatic carbocycles. The Bertz CT molecular complexity index is 387. The summed E-state index contributed by atoms with van der Waals surface area (Å²) in [6, 6.07) is 3.50. The van der Waals surface area contributed by atoms with Crippen LogP contribution >= 0.6 is 15.9 Å². The van der Waals surface area contributed by atoms with Crippen LogP contribution in [0.2, 0.25) is 0 Å². The minimum atomic E-state index is -0.0897. The molecule has 0 unspecified atom stereocenters. The minimum Gasteiger partial charge on any atom is -0.380 e. The van der Waals surface area contributed by atoms with Crippen molar-refractivity contribution in [1.82, 2.24) is 10.3 Å². The first-order chi connectivity index (χ1) is 7.59. The average Bonchev–Trinajstić information content (AvgIpc) is 2.24. The largest absolute Gasteiger partial charge is 0.380 e. The number of nitrogens with one attached hydrogen (secondary N) is 1. The Morgan fingerprint density at radius 3 is 2.88 bits per heavy atom. The lowest BCUT2D eigenvalue weighted by Crippen LogP contribution is -2.48. The van der Waals surface area contributed by atoms with Gasteiger partial charge in [-0.1, -0.05) is 6.92 Å². The van der Waals surface area contributed by atoms with Gasteiger partial charge in [-0.25, -0.2) is 4.98 Å². The number of rotatable bonds is 3. The molecule has 1 N–H and O–H groups in total. The van der Waals surface area contributed by atoms with Crippen molar-refractivity contribution < 1.29 is 9.53 Å². The molecule has 2 rings (SSSR count). The summed E-state index contributed by atoms with van der Waals surface area (Å²) in [5.74, 6) is -0.0897. The second kappa shape index (κ2) is 4.51. The van der Waals surface area contributed by atoms with Gasteiger partial charge in [-0.05, 0) is 28.1 Å². The van der Waals surface area contributed by atoms with Gasteiger partial charge in [0.1, 0.15) is 4.60 Å². The van der Waals surface area contributed by atoms with Crippen LogP contribution in [-0.2, 0) is 4.74 Å². The van der Waals surface area contributed by atoms with Crippen molar-refractivity contribution in [2.75, 3.05) is 19.8 Å². The fourth-order valence-electron chi connectivity index (χ4n) is 1.46. The van der Waals surface area contributed by atoms with Gasteiger partial charge in [-0.15, -0.1) is 0 Å². The van der Waals surface area contributed by atoms with E-state index < -0.39 is 0 Å². The standard InChI is InChI=1S/C11H13BrN2O2/c1-11(6-16-7-11)5-14-10(15)8-2-3-9(12)13-4-8/h2-4H,5-7H2,1H3,(H,14,15). The lowest BCUT2D eigenvalue weighted by Gasteiger charge is -2.37. The lowest BCUT2D eigenvalue weighted by atomic mass is 9.89. The van der Waals surface area contributed by atoms with E-state index in [0.717, 1.165) is 4.60 Å². The molecule has 0 atom stereocenters. The van der Waals surface area contributed by atoms with E-state index in [4.69, 9.17) is 4.74 Å². The number of amides is 1. The number of carbonyl (C=O) groups is 1. The number of hydrogen-bond donors (Lipinski definition) is 1. The van der Waals surface area contributed by atoms with Gasteiger partial charge >= 0.3 is 0 Å². The lowest BCUT2D eigenvalue weighted by molar-refractivity contribution is -0.0978. The number of hydrogen-bond acceptors (Lipinski definition) is 3. The Kier molecular flexibility index (Phi) is 3.25. The van der Waals surface area contributed by atoms with E-state index in [0.29, 0.717) is 25.3 Å². The number of carbonyl (C=O) groups excluding carboxylic acids is 1. The Morgan fingerprint density at radius 1 is 1.62 bits per heavy atom. The highest BCUT2D eigenvalue weighted by Crippen LogP contribution is 2.25. The second-order valence-corrected chi connectivity index (χ2v) is 5.17. The SMILES string of the molecule is CC1(CNC(=O)c2ccc(Br)nc2)COC1. The smallest absolute Gasteiger partial charge is 0.252 e. The maximum absolute atomic E-state index is 11.7. The first-order valence-corrected chi connectivity index (χ1v) is 5.86. The van der Waals surface area contributed by atoms with Gasteiger partial charge < -0.3 is 10.1 Å². The Morgan fingerprint density at radius 2 is 2.38 bits per heavy atom. The number of nitrogens with zero attached hydrogens (tertiary/aromatic N) is 1. The monoisotopic (exact) mass is 284 g/mol. The van der Waals surface area contributed by atoms with Crippen molar-refractivity contribution in [1.29, 1.82) is 0 Å². The molecular weight excluding hydrogens is 272 g/mol. The molecule has 5 heteroatoms. The van der Waals surface area contributed by atoms with E-state index in [2.05, 4.69) is 33.2 Å². The molecule has 0 saturated carbocycles.